The van der Waals surface area contributed by atoms with E-state index in [1.165, 1.54) is 20.2 Å². The van der Waals surface area contributed by atoms with E-state index in [4.69, 9.17) is 14.2 Å². The molecule has 11 nitrogen and oxygen atoms in total. The summed E-state index contributed by atoms with van der Waals surface area (Å²) >= 11 is 0. The Kier molecular flexibility index (Phi) is 9.86. The topological polar surface area (TPSA) is 138 Å². The molecule has 1 aliphatic rings. The summed E-state index contributed by atoms with van der Waals surface area (Å²) in [5.41, 5.74) is 0.761. The van der Waals surface area contributed by atoms with Crippen LogP contribution in [0.1, 0.15) is 66.5 Å². The zero-order chi connectivity index (χ0) is 37.6. The number of rotatable bonds is 8. The Hall–Kier alpha value is -5.12. The first-order chi connectivity index (χ1) is 23.7. The van der Waals surface area contributed by atoms with Crippen LogP contribution in [0.3, 0.4) is 0 Å². The van der Waals surface area contributed by atoms with Crippen molar-refractivity contribution in [3.05, 3.63) is 88.6 Å². The van der Waals surface area contributed by atoms with Gasteiger partial charge in [-0.05, 0) is 87.7 Å². The molecule has 2 aromatic heterocycles. The Morgan fingerprint density at radius 1 is 1.00 bits per heavy atom. The molecule has 1 amide bonds. The molecule has 1 fully saturated rings. The summed E-state index contributed by atoms with van der Waals surface area (Å²) in [4.78, 5) is 39.7. The lowest BCUT2D eigenvalue weighted by Crippen LogP contribution is -2.32. The maximum Gasteiger partial charge on any atom is 0.416 e. The number of carbonyl (C=O) groups excluding carboxylic acids is 2. The van der Waals surface area contributed by atoms with Gasteiger partial charge < -0.3 is 14.2 Å². The van der Waals surface area contributed by atoms with Crippen molar-refractivity contribution in [1.82, 2.24) is 19.9 Å². The Morgan fingerprint density at radius 3 is 2.31 bits per heavy atom. The second-order valence-corrected chi connectivity index (χ2v) is 15.0. The molecule has 0 saturated carbocycles. The highest BCUT2D eigenvalue weighted by Crippen LogP contribution is 2.40. The molecule has 2 aromatic carbocycles. The van der Waals surface area contributed by atoms with E-state index >= 15 is 0 Å². The molecule has 0 unspecified atom stereocenters. The first-order valence-electron chi connectivity index (χ1n) is 15.5. The molecular weight excluding hydrogens is 696 g/mol. The van der Waals surface area contributed by atoms with Crippen molar-refractivity contribution in [3.8, 4) is 28.1 Å². The van der Waals surface area contributed by atoms with E-state index in [-0.39, 0.29) is 29.2 Å². The van der Waals surface area contributed by atoms with Gasteiger partial charge in [-0.25, -0.2) is 37.3 Å². The van der Waals surface area contributed by atoms with Crippen LogP contribution in [0.4, 0.5) is 22.4 Å². The number of ether oxygens (including phenoxy) is 3. The number of amides is 1. The predicted molar refractivity (Wildman–Crippen MR) is 176 cm³/mol. The predicted octanol–water partition coefficient (Wildman–Crippen LogP) is 7.12. The summed E-state index contributed by atoms with van der Waals surface area (Å²) in [6, 6.07) is 7.68. The third-order valence-electron chi connectivity index (χ3n) is 7.97. The van der Waals surface area contributed by atoms with Gasteiger partial charge in [-0.2, -0.15) is 13.2 Å². The van der Waals surface area contributed by atoms with E-state index in [2.05, 4.69) is 15.0 Å². The summed E-state index contributed by atoms with van der Waals surface area (Å²) in [6.45, 7) is 8.21. The molecule has 5 rings (SSSR count). The van der Waals surface area contributed by atoms with Crippen LogP contribution < -0.4 is 4.74 Å². The van der Waals surface area contributed by atoms with Crippen molar-refractivity contribution < 1.29 is 49.8 Å². The standard InChI is InChI=1S/C35H34F4N4O7S/c1-18-10-20(31(44)50-34(3,4)5)8-9-25(18)22-13-26(30(48-6)40-15-22)27-16-41-32(51(7,46)47)42-28(27)17-43-19(2)29(49-33(43)45)21-11-23(35(37,38)39)14-24(36)12-21/h8-16,19,29H,17H2,1-7H3/t19-,29-/m0/s1. The van der Waals surface area contributed by atoms with E-state index in [0.717, 1.165) is 17.2 Å². The van der Waals surface area contributed by atoms with Gasteiger partial charge >= 0.3 is 18.2 Å². The number of esters is 1. The number of sulfone groups is 1. The number of methoxy groups -OCH3 is 1. The average Bonchev–Trinajstić information content (AvgIpc) is 3.31. The van der Waals surface area contributed by atoms with E-state index < -0.39 is 62.4 Å². The molecule has 4 aromatic rings. The van der Waals surface area contributed by atoms with Gasteiger partial charge in [0, 0.05) is 35.3 Å². The number of benzene rings is 2. The summed E-state index contributed by atoms with van der Waals surface area (Å²) in [6.07, 6.45) is -3.40. The molecular formula is C35H34F4N4O7S. The molecule has 1 aliphatic heterocycles. The molecule has 1 saturated heterocycles. The Balaban J connectivity index is 1.56. The van der Waals surface area contributed by atoms with Crippen molar-refractivity contribution in [3.63, 3.8) is 0 Å². The van der Waals surface area contributed by atoms with Crippen LogP contribution in [-0.4, -0.2) is 65.3 Å². The summed E-state index contributed by atoms with van der Waals surface area (Å²) < 4.78 is 96.1. The molecule has 3 heterocycles. The maximum absolute atomic E-state index is 14.3. The monoisotopic (exact) mass is 730 g/mol. The minimum Gasteiger partial charge on any atom is -0.481 e. The third-order valence-corrected chi connectivity index (χ3v) is 8.83. The molecule has 0 spiro atoms. The largest absolute Gasteiger partial charge is 0.481 e. The van der Waals surface area contributed by atoms with E-state index in [9.17, 15) is 35.6 Å². The number of aromatic nitrogens is 3. The van der Waals surface area contributed by atoms with Crippen molar-refractivity contribution >= 4 is 21.9 Å². The number of halogens is 4. The van der Waals surface area contributed by atoms with Crippen molar-refractivity contribution in [2.75, 3.05) is 13.4 Å². The number of nitrogens with zero attached hydrogens (tertiary/aromatic N) is 4. The van der Waals surface area contributed by atoms with Crippen LogP contribution in [-0.2, 0) is 32.0 Å². The quantitative estimate of drug-likeness (QED) is 0.105. The Morgan fingerprint density at radius 2 is 1.71 bits per heavy atom. The highest BCUT2D eigenvalue weighted by molar-refractivity contribution is 7.90. The van der Waals surface area contributed by atoms with Gasteiger partial charge in [-0.1, -0.05) is 6.07 Å². The fourth-order valence-electron chi connectivity index (χ4n) is 5.59. The number of carbonyl (C=O) groups is 2. The van der Waals surface area contributed by atoms with Crippen LogP contribution >= 0.6 is 0 Å². The first-order valence-corrected chi connectivity index (χ1v) is 17.3. The minimum absolute atomic E-state index is 0.0272. The zero-order valence-corrected chi connectivity index (χ0v) is 29.4. The molecule has 2 atom stereocenters. The Bertz CT molecular complexity index is 2140. The van der Waals surface area contributed by atoms with Gasteiger partial charge in [-0.3, -0.25) is 4.90 Å². The first kappa shape index (κ1) is 37.1. The van der Waals surface area contributed by atoms with E-state index in [0.29, 0.717) is 39.9 Å². The van der Waals surface area contributed by atoms with Crippen LogP contribution in [0.5, 0.6) is 5.88 Å². The van der Waals surface area contributed by atoms with Crippen LogP contribution in [0.2, 0.25) is 0 Å². The fraction of sp³-hybridized carbons (Fsp3) is 0.343. The van der Waals surface area contributed by atoms with Crippen LogP contribution in [0.15, 0.2) is 60.0 Å². The highest BCUT2D eigenvalue weighted by atomic mass is 32.2. The fourth-order valence-corrected chi connectivity index (χ4v) is 6.11. The molecule has 51 heavy (non-hydrogen) atoms. The average molecular weight is 731 g/mol. The number of hydrogen-bond donors (Lipinski definition) is 0. The van der Waals surface area contributed by atoms with Gasteiger partial charge in [-0.15, -0.1) is 0 Å². The minimum atomic E-state index is -4.85. The highest BCUT2D eigenvalue weighted by Gasteiger charge is 2.42. The number of cyclic esters (lactones) is 1. The third kappa shape index (κ3) is 8.11. The smallest absolute Gasteiger partial charge is 0.416 e. The SMILES string of the molecule is COc1ncc(-c2ccc(C(=O)OC(C)(C)C)cc2C)cc1-c1cnc(S(C)(=O)=O)nc1CN1C(=O)O[C@H](c2cc(F)cc(C(F)(F)F)c2)[C@@H]1C. The van der Waals surface area contributed by atoms with Crippen molar-refractivity contribution in [2.45, 2.75) is 70.2 Å². The summed E-state index contributed by atoms with van der Waals surface area (Å²) in [5, 5.41) is -0.547. The molecule has 16 heteroatoms. The van der Waals surface area contributed by atoms with Gasteiger partial charge in [0.05, 0.1) is 36.5 Å². The summed E-state index contributed by atoms with van der Waals surface area (Å²) in [7, 11) is -2.58. The molecule has 0 radical (unpaired) electrons. The molecule has 0 N–H and O–H groups in total. The number of aryl methyl sites for hydroxylation is 1. The van der Waals surface area contributed by atoms with Crippen LogP contribution in [0.25, 0.3) is 22.3 Å². The number of alkyl halides is 3. The van der Waals surface area contributed by atoms with Crippen LogP contribution in [0, 0.1) is 12.7 Å². The molecule has 270 valence electrons. The number of pyridine rings is 1. The second kappa shape index (κ2) is 13.5. The van der Waals surface area contributed by atoms with E-state index in [1.807, 2.05) is 0 Å². The lowest BCUT2D eigenvalue weighted by molar-refractivity contribution is -0.137. The zero-order valence-electron chi connectivity index (χ0n) is 28.6. The molecule has 0 bridgehead atoms. The lowest BCUT2D eigenvalue weighted by Gasteiger charge is -2.23. The van der Waals surface area contributed by atoms with Gasteiger partial charge in [0.1, 0.15) is 17.5 Å². The number of hydrogen-bond acceptors (Lipinski definition) is 10. The van der Waals surface area contributed by atoms with Crippen molar-refractivity contribution in [2.24, 2.45) is 0 Å². The van der Waals surface area contributed by atoms with Crippen molar-refractivity contribution in [1.29, 1.82) is 0 Å². The Labute approximate surface area is 291 Å². The lowest BCUT2D eigenvalue weighted by atomic mass is 9.96. The van der Waals surface area contributed by atoms with E-state index in [1.54, 1.807) is 58.2 Å². The maximum atomic E-state index is 14.3. The normalized spacial score (nSPS) is 16.6. The van der Waals surface area contributed by atoms with Gasteiger partial charge in [0.25, 0.3) is 0 Å². The second-order valence-electron chi connectivity index (χ2n) is 13.0. The molecule has 0 aliphatic carbocycles. The summed E-state index contributed by atoms with van der Waals surface area (Å²) in [5.74, 6) is -1.55. The van der Waals surface area contributed by atoms with Gasteiger partial charge in [0.15, 0.2) is 0 Å². The van der Waals surface area contributed by atoms with Gasteiger partial charge in [0.2, 0.25) is 20.9 Å².